The maximum Gasteiger partial charge on any atom is 0.407 e. The van der Waals surface area contributed by atoms with Crippen molar-refractivity contribution in [2.24, 2.45) is 5.41 Å². The summed E-state index contributed by atoms with van der Waals surface area (Å²) in [6.07, 6.45) is 3.86. The van der Waals surface area contributed by atoms with Gasteiger partial charge >= 0.3 is 12.1 Å². The third-order valence-corrected chi connectivity index (χ3v) is 7.52. The molecule has 0 atom stereocenters. The van der Waals surface area contributed by atoms with Crippen molar-refractivity contribution in [1.29, 1.82) is 5.26 Å². The molecule has 0 spiro atoms. The average molecular weight is 523 g/mol. The Kier molecular flexibility index (Phi) is 7.99. The summed E-state index contributed by atoms with van der Waals surface area (Å²) in [5, 5.41) is 12.8. The molecular formula is C29H35ClN4O3. The van der Waals surface area contributed by atoms with E-state index in [2.05, 4.69) is 17.5 Å². The monoisotopic (exact) mass is 522 g/mol. The number of nitriles is 1. The second kappa shape index (κ2) is 11.0. The van der Waals surface area contributed by atoms with Crippen molar-refractivity contribution >= 4 is 29.4 Å². The number of hydrogen-bond donors (Lipinski definition) is 1. The minimum atomic E-state index is -0.557. The summed E-state index contributed by atoms with van der Waals surface area (Å²) in [4.78, 5) is 29.5. The quantitative estimate of drug-likeness (QED) is 0.493. The van der Waals surface area contributed by atoms with Crippen LogP contribution in [0.25, 0.3) is 0 Å². The number of urea groups is 1. The number of alkyl carbamates (subject to hydrolysis) is 1. The second-order valence-corrected chi connectivity index (χ2v) is 11.6. The van der Waals surface area contributed by atoms with Crippen molar-refractivity contribution in [2.75, 3.05) is 24.5 Å². The van der Waals surface area contributed by atoms with Gasteiger partial charge in [-0.1, -0.05) is 23.7 Å². The zero-order chi connectivity index (χ0) is 26.6. The van der Waals surface area contributed by atoms with Gasteiger partial charge in [0.1, 0.15) is 5.60 Å². The Hall–Kier alpha value is -3.24. The van der Waals surface area contributed by atoms with Crippen LogP contribution in [0.3, 0.4) is 0 Å². The van der Waals surface area contributed by atoms with E-state index < -0.39 is 11.7 Å². The van der Waals surface area contributed by atoms with Gasteiger partial charge in [0.2, 0.25) is 0 Å². The Morgan fingerprint density at radius 2 is 1.86 bits per heavy atom. The predicted octanol–water partition coefficient (Wildman–Crippen LogP) is 6.15. The molecule has 2 aromatic carbocycles. The molecule has 7 nitrogen and oxygen atoms in total. The summed E-state index contributed by atoms with van der Waals surface area (Å²) in [5.41, 5.74) is 1.84. The van der Waals surface area contributed by atoms with Gasteiger partial charge in [-0.25, -0.2) is 9.59 Å². The summed E-state index contributed by atoms with van der Waals surface area (Å²) in [6, 6.07) is 17.3. The highest BCUT2D eigenvalue weighted by Gasteiger charge is 2.41. The molecule has 1 saturated heterocycles. The number of hydrogen-bond acceptors (Lipinski definition) is 4. The van der Waals surface area contributed by atoms with Crippen molar-refractivity contribution < 1.29 is 14.3 Å². The van der Waals surface area contributed by atoms with Crippen LogP contribution in [0.15, 0.2) is 48.5 Å². The molecule has 2 aromatic rings. The molecule has 4 rings (SSSR count). The topological polar surface area (TPSA) is 85.7 Å². The molecule has 2 fully saturated rings. The number of rotatable bonds is 6. The van der Waals surface area contributed by atoms with Gasteiger partial charge < -0.3 is 15.0 Å². The zero-order valence-corrected chi connectivity index (χ0v) is 22.6. The number of ether oxygens (including phenoxy) is 1. The van der Waals surface area contributed by atoms with Crippen LogP contribution in [0.5, 0.6) is 0 Å². The molecule has 1 N–H and O–H groups in total. The number of carbonyl (C=O) groups is 2. The molecule has 1 aliphatic carbocycles. The summed E-state index contributed by atoms with van der Waals surface area (Å²) in [7, 11) is 0. The van der Waals surface area contributed by atoms with Crippen molar-refractivity contribution in [1.82, 2.24) is 10.2 Å². The fourth-order valence-electron chi connectivity index (χ4n) is 5.44. The highest BCUT2D eigenvalue weighted by molar-refractivity contribution is 6.30. The average Bonchev–Trinajstić information content (AvgIpc) is 3.23. The Morgan fingerprint density at radius 1 is 1.16 bits per heavy atom. The van der Waals surface area contributed by atoms with Gasteiger partial charge in [0.15, 0.2) is 0 Å². The number of halogens is 1. The molecule has 37 heavy (non-hydrogen) atoms. The first-order valence-corrected chi connectivity index (χ1v) is 13.2. The molecule has 0 radical (unpaired) electrons. The molecule has 3 amide bonds. The second-order valence-electron chi connectivity index (χ2n) is 11.2. The lowest BCUT2D eigenvalue weighted by Crippen LogP contribution is -2.48. The predicted molar refractivity (Wildman–Crippen MR) is 145 cm³/mol. The molecule has 8 heteroatoms. The summed E-state index contributed by atoms with van der Waals surface area (Å²) in [5.74, 6) is 0. The van der Waals surface area contributed by atoms with E-state index in [0.29, 0.717) is 30.2 Å². The lowest BCUT2D eigenvalue weighted by Gasteiger charge is -2.43. The first-order chi connectivity index (χ1) is 17.6. The Bertz CT molecular complexity index is 1160. The highest BCUT2D eigenvalue weighted by Crippen LogP contribution is 2.41. The fourth-order valence-corrected chi connectivity index (χ4v) is 5.66. The van der Waals surface area contributed by atoms with Gasteiger partial charge in [0.05, 0.1) is 11.6 Å². The van der Waals surface area contributed by atoms with E-state index in [0.717, 1.165) is 43.4 Å². The summed E-state index contributed by atoms with van der Waals surface area (Å²) >= 11 is 6.26. The first-order valence-electron chi connectivity index (χ1n) is 12.9. The third-order valence-electron chi connectivity index (χ3n) is 7.28. The number of nitrogens with one attached hydrogen (secondary N) is 1. The molecule has 196 valence electrons. The van der Waals surface area contributed by atoms with Crippen molar-refractivity contribution in [2.45, 2.75) is 64.5 Å². The maximum atomic E-state index is 13.3. The van der Waals surface area contributed by atoms with Crippen LogP contribution in [0.4, 0.5) is 15.3 Å². The van der Waals surface area contributed by atoms with E-state index in [4.69, 9.17) is 21.6 Å². The molecule has 0 unspecified atom stereocenters. The van der Waals surface area contributed by atoms with Crippen LogP contribution in [0.1, 0.15) is 57.6 Å². The van der Waals surface area contributed by atoms with Gasteiger partial charge in [0.25, 0.3) is 0 Å². The van der Waals surface area contributed by atoms with E-state index in [1.165, 1.54) is 0 Å². The largest absolute Gasteiger partial charge is 0.444 e. The minimum absolute atomic E-state index is 0.0175. The number of benzene rings is 2. The molecule has 1 heterocycles. The van der Waals surface area contributed by atoms with Crippen LogP contribution >= 0.6 is 11.6 Å². The van der Waals surface area contributed by atoms with Gasteiger partial charge in [0, 0.05) is 36.4 Å². The third kappa shape index (κ3) is 6.75. The Labute approximate surface area is 224 Å². The smallest absolute Gasteiger partial charge is 0.407 e. The van der Waals surface area contributed by atoms with Crippen LogP contribution in [-0.2, 0) is 11.2 Å². The van der Waals surface area contributed by atoms with Gasteiger partial charge in [-0.15, -0.1) is 0 Å². The van der Waals surface area contributed by atoms with E-state index in [-0.39, 0.29) is 17.5 Å². The van der Waals surface area contributed by atoms with E-state index in [1.54, 1.807) is 17.0 Å². The number of carbonyl (C=O) groups excluding carboxylic acids is 2. The molecule has 1 aliphatic heterocycles. The van der Waals surface area contributed by atoms with Gasteiger partial charge in [-0.05, 0) is 100 Å². The molecular weight excluding hydrogens is 488 g/mol. The van der Waals surface area contributed by atoms with E-state index >= 15 is 0 Å². The highest BCUT2D eigenvalue weighted by atomic mass is 35.5. The molecule has 0 aromatic heterocycles. The lowest BCUT2D eigenvalue weighted by molar-refractivity contribution is 0.0464. The van der Waals surface area contributed by atoms with Crippen LogP contribution in [0, 0.1) is 16.7 Å². The normalized spacial score (nSPS) is 22.0. The maximum absolute atomic E-state index is 13.3. The Morgan fingerprint density at radius 3 is 2.49 bits per heavy atom. The minimum Gasteiger partial charge on any atom is -0.444 e. The lowest BCUT2D eigenvalue weighted by atomic mass is 9.68. The van der Waals surface area contributed by atoms with Crippen LogP contribution in [0.2, 0.25) is 5.02 Å². The first kappa shape index (κ1) is 26.8. The van der Waals surface area contributed by atoms with Gasteiger partial charge in [-0.2, -0.15) is 5.26 Å². The summed E-state index contributed by atoms with van der Waals surface area (Å²) in [6.45, 7) is 7.39. The van der Waals surface area contributed by atoms with Gasteiger partial charge in [-0.3, -0.25) is 4.90 Å². The summed E-state index contributed by atoms with van der Waals surface area (Å²) < 4.78 is 5.48. The fraction of sp³-hybridized carbons (Fsp3) is 0.483. The zero-order valence-electron chi connectivity index (χ0n) is 21.8. The van der Waals surface area contributed by atoms with E-state index in [9.17, 15) is 9.59 Å². The molecule has 2 aliphatic rings. The van der Waals surface area contributed by atoms with Crippen molar-refractivity contribution in [3.8, 4) is 6.07 Å². The Balaban J connectivity index is 1.43. The van der Waals surface area contributed by atoms with E-state index in [1.807, 2.05) is 56.0 Å². The number of amides is 3. The standard InChI is InChI=1S/C29H35ClN4O3/c1-28(2,3)37-26(35)32-20-29(18-22-5-4-6-23(30)17-22)13-11-25(12-14-29)34-16-15-33(27(34)36)24-9-7-21(19-31)8-10-24/h4-10,17,25H,11-16,18,20H2,1-3H3,(H,32,35)/t25-,29+. The van der Waals surface area contributed by atoms with Crippen LogP contribution < -0.4 is 10.2 Å². The number of nitrogens with zero attached hydrogens (tertiary/aromatic N) is 3. The van der Waals surface area contributed by atoms with Crippen molar-refractivity contribution in [3.63, 3.8) is 0 Å². The number of anilines is 1. The molecule has 1 saturated carbocycles. The van der Waals surface area contributed by atoms with Crippen molar-refractivity contribution in [3.05, 3.63) is 64.7 Å². The van der Waals surface area contributed by atoms with Crippen LogP contribution in [-0.4, -0.2) is 48.3 Å². The SMILES string of the molecule is CC(C)(C)OC(=O)NC[C@]1(Cc2cccc(Cl)c2)CC[C@H](N2CCN(c3ccc(C#N)cc3)C2=O)CC1. The molecule has 0 bridgehead atoms.